The molecule has 1 spiro atoms. The van der Waals surface area contributed by atoms with Gasteiger partial charge in [0, 0.05) is 11.5 Å². The second kappa shape index (κ2) is 4.40. The fourth-order valence-corrected chi connectivity index (χ4v) is 5.86. The maximum atomic E-state index is 12.7. The van der Waals surface area contributed by atoms with Gasteiger partial charge in [-0.25, -0.2) is 4.79 Å². The molecule has 2 aliphatic carbocycles. The van der Waals surface area contributed by atoms with Crippen LogP contribution in [0.3, 0.4) is 0 Å². The number of hydrogen-bond donors (Lipinski definition) is 1. The molecule has 2 saturated carbocycles. The first-order valence-corrected chi connectivity index (χ1v) is 8.85. The molecule has 3 aliphatic heterocycles. The Hall–Kier alpha value is -1.70. The standard InChI is InChI=1S/C19H22O7/c1-7(2)9-10-16(21)24-11(9)12(26-15(20)8(3)4)17(5)18(6-23-18)13-14(25-13)19(10,17)22/h9-14,22H,1,3,6H2,2,4-5H3/t9-,10+,11+,12+,13+,14-,17-,18+,19-/m0/s1. The van der Waals surface area contributed by atoms with E-state index in [2.05, 4.69) is 13.2 Å². The van der Waals surface area contributed by atoms with Crippen molar-refractivity contribution in [1.29, 1.82) is 0 Å². The number of esters is 2. The maximum Gasteiger partial charge on any atom is 0.333 e. The highest BCUT2D eigenvalue weighted by molar-refractivity contribution is 5.87. The first-order chi connectivity index (χ1) is 12.1. The van der Waals surface area contributed by atoms with Crippen molar-refractivity contribution in [2.45, 2.75) is 56.4 Å². The van der Waals surface area contributed by atoms with Crippen LogP contribution in [-0.4, -0.2) is 59.3 Å². The van der Waals surface area contributed by atoms with Crippen LogP contribution < -0.4 is 0 Å². The van der Waals surface area contributed by atoms with Crippen molar-refractivity contribution in [2.24, 2.45) is 17.3 Å². The van der Waals surface area contributed by atoms with Crippen molar-refractivity contribution in [3.8, 4) is 0 Å². The van der Waals surface area contributed by atoms with E-state index in [4.69, 9.17) is 18.9 Å². The van der Waals surface area contributed by atoms with E-state index in [0.717, 1.165) is 0 Å². The van der Waals surface area contributed by atoms with Gasteiger partial charge >= 0.3 is 11.9 Å². The van der Waals surface area contributed by atoms with Crippen molar-refractivity contribution in [2.75, 3.05) is 6.61 Å². The van der Waals surface area contributed by atoms with Gasteiger partial charge in [0.15, 0.2) is 6.10 Å². The molecule has 5 aliphatic rings. The molecule has 2 bridgehead atoms. The number of carbonyl (C=O) groups excluding carboxylic acids is 2. The molecule has 5 rings (SSSR count). The van der Waals surface area contributed by atoms with Crippen molar-refractivity contribution < 1.29 is 33.6 Å². The van der Waals surface area contributed by atoms with Crippen LogP contribution in [-0.2, 0) is 28.5 Å². The zero-order valence-corrected chi connectivity index (χ0v) is 15.0. The highest BCUT2D eigenvalue weighted by Gasteiger charge is 2.95. The summed E-state index contributed by atoms with van der Waals surface area (Å²) in [5.41, 5.74) is -2.40. The number of carbonyl (C=O) groups is 2. The summed E-state index contributed by atoms with van der Waals surface area (Å²) >= 11 is 0. The molecule has 5 fully saturated rings. The second-order valence-electron chi connectivity index (χ2n) is 8.54. The van der Waals surface area contributed by atoms with Crippen molar-refractivity contribution >= 4 is 11.9 Å². The Labute approximate surface area is 150 Å². The van der Waals surface area contributed by atoms with Gasteiger partial charge in [-0.2, -0.15) is 0 Å². The largest absolute Gasteiger partial charge is 0.457 e. The van der Waals surface area contributed by atoms with E-state index >= 15 is 0 Å². The summed E-state index contributed by atoms with van der Waals surface area (Å²) < 4.78 is 22.9. The van der Waals surface area contributed by atoms with Gasteiger partial charge in [0.05, 0.1) is 17.9 Å². The summed E-state index contributed by atoms with van der Waals surface area (Å²) in [4.78, 5) is 25.1. The normalized spacial score (nSPS) is 55.0. The molecule has 3 saturated heterocycles. The van der Waals surface area contributed by atoms with Crippen molar-refractivity contribution in [3.05, 3.63) is 24.3 Å². The lowest BCUT2D eigenvalue weighted by Crippen LogP contribution is -2.71. The first-order valence-electron chi connectivity index (χ1n) is 8.85. The Bertz CT molecular complexity index is 783. The van der Waals surface area contributed by atoms with Crippen molar-refractivity contribution in [1.82, 2.24) is 0 Å². The summed E-state index contributed by atoms with van der Waals surface area (Å²) in [6.07, 6.45) is -2.43. The predicted molar refractivity (Wildman–Crippen MR) is 86.8 cm³/mol. The minimum atomic E-state index is -1.55. The van der Waals surface area contributed by atoms with E-state index < -0.39 is 58.7 Å². The third kappa shape index (κ3) is 1.46. The molecular weight excluding hydrogens is 340 g/mol. The van der Waals surface area contributed by atoms with Gasteiger partial charge in [-0.15, -0.1) is 0 Å². The quantitative estimate of drug-likeness (QED) is 0.338. The second-order valence-corrected chi connectivity index (χ2v) is 8.54. The van der Waals surface area contributed by atoms with E-state index in [-0.39, 0.29) is 11.7 Å². The summed E-state index contributed by atoms with van der Waals surface area (Å²) in [5.74, 6) is -2.36. The zero-order chi connectivity index (χ0) is 18.8. The van der Waals surface area contributed by atoms with Gasteiger partial charge < -0.3 is 24.1 Å². The molecule has 9 atom stereocenters. The topological polar surface area (TPSA) is 97.9 Å². The van der Waals surface area contributed by atoms with Crippen LogP contribution in [0.4, 0.5) is 0 Å². The average Bonchev–Trinajstić information content (AvgIpc) is 3.43. The van der Waals surface area contributed by atoms with Crippen LogP contribution in [0.1, 0.15) is 20.8 Å². The highest BCUT2D eigenvalue weighted by atomic mass is 16.7. The highest BCUT2D eigenvalue weighted by Crippen LogP contribution is 2.76. The third-order valence-electron chi connectivity index (χ3n) is 7.26. The monoisotopic (exact) mass is 362 g/mol. The molecule has 26 heavy (non-hydrogen) atoms. The molecule has 0 aromatic carbocycles. The number of rotatable bonds is 3. The summed E-state index contributed by atoms with van der Waals surface area (Å²) in [6, 6.07) is 0. The van der Waals surface area contributed by atoms with Crippen LogP contribution in [0.2, 0.25) is 0 Å². The van der Waals surface area contributed by atoms with Gasteiger partial charge in [-0.3, -0.25) is 4.79 Å². The molecular formula is C19H22O7. The fourth-order valence-electron chi connectivity index (χ4n) is 5.86. The van der Waals surface area contributed by atoms with Gasteiger partial charge in [0.25, 0.3) is 0 Å². The molecule has 0 aromatic rings. The Morgan fingerprint density at radius 2 is 1.96 bits per heavy atom. The Kier molecular flexibility index (Phi) is 2.79. The lowest BCUT2D eigenvalue weighted by Gasteiger charge is -2.54. The Balaban J connectivity index is 1.70. The summed E-state index contributed by atoms with van der Waals surface area (Å²) in [6.45, 7) is 13.2. The smallest absolute Gasteiger partial charge is 0.333 e. The molecule has 0 amide bonds. The Morgan fingerprint density at radius 3 is 2.50 bits per heavy atom. The summed E-state index contributed by atoms with van der Waals surface area (Å²) in [7, 11) is 0. The number of epoxide rings is 2. The lowest BCUT2D eigenvalue weighted by atomic mass is 9.52. The minimum absolute atomic E-state index is 0.237. The molecule has 0 unspecified atom stereocenters. The zero-order valence-electron chi connectivity index (χ0n) is 15.0. The molecule has 7 heteroatoms. The van der Waals surface area contributed by atoms with Crippen LogP contribution in [0.15, 0.2) is 24.3 Å². The number of aliphatic hydroxyl groups is 1. The third-order valence-corrected chi connectivity index (χ3v) is 7.26. The number of hydrogen-bond acceptors (Lipinski definition) is 7. The molecule has 140 valence electrons. The number of fused-ring (bicyclic) bond motifs is 8. The van der Waals surface area contributed by atoms with E-state index in [1.807, 2.05) is 6.92 Å². The lowest BCUT2D eigenvalue weighted by molar-refractivity contribution is -0.241. The van der Waals surface area contributed by atoms with Gasteiger partial charge in [0.1, 0.15) is 29.5 Å². The SMILES string of the molecule is C=C(C)C(=O)O[C@@H]1[C@@H]2OC(=O)[C@@H]([C@@H]2C(=C)C)[C@]2(O)[C@H]3O[C@H]3[C@]3(CO3)[C@]12C. The van der Waals surface area contributed by atoms with Gasteiger partial charge in [-0.1, -0.05) is 18.7 Å². The molecule has 0 aromatic heterocycles. The van der Waals surface area contributed by atoms with Crippen LogP contribution >= 0.6 is 0 Å². The molecule has 7 nitrogen and oxygen atoms in total. The van der Waals surface area contributed by atoms with Gasteiger partial charge in [0.2, 0.25) is 0 Å². The number of ether oxygens (including phenoxy) is 4. The van der Waals surface area contributed by atoms with E-state index in [1.165, 1.54) is 0 Å². The molecule has 0 radical (unpaired) electrons. The fraction of sp³-hybridized carbons (Fsp3) is 0.684. The molecule has 3 heterocycles. The van der Waals surface area contributed by atoms with Gasteiger partial charge in [-0.05, 0) is 20.8 Å². The summed E-state index contributed by atoms with van der Waals surface area (Å²) in [5, 5.41) is 11.9. The first kappa shape index (κ1) is 16.5. The maximum absolute atomic E-state index is 12.7. The average molecular weight is 362 g/mol. The van der Waals surface area contributed by atoms with E-state index in [9.17, 15) is 14.7 Å². The Morgan fingerprint density at radius 1 is 1.31 bits per heavy atom. The van der Waals surface area contributed by atoms with E-state index in [1.54, 1.807) is 13.8 Å². The van der Waals surface area contributed by atoms with Crippen LogP contribution in [0, 0.1) is 17.3 Å². The minimum Gasteiger partial charge on any atom is -0.457 e. The van der Waals surface area contributed by atoms with E-state index in [0.29, 0.717) is 12.2 Å². The van der Waals surface area contributed by atoms with Crippen molar-refractivity contribution in [3.63, 3.8) is 0 Å². The van der Waals surface area contributed by atoms with Crippen LogP contribution in [0.25, 0.3) is 0 Å². The van der Waals surface area contributed by atoms with Crippen LogP contribution in [0.5, 0.6) is 0 Å². The molecule has 1 N–H and O–H groups in total. The predicted octanol–water partition coefficient (Wildman–Crippen LogP) is 0.509.